The van der Waals surface area contributed by atoms with Crippen LogP contribution in [-0.4, -0.2) is 19.6 Å². The molecule has 3 atom stereocenters. The minimum Gasteiger partial charge on any atom is -0.373 e. The van der Waals surface area contributed by atoms with Gasteiger partial charge < -0.3 is 9.64 Å². The second-order valence-electron chi connectivity index (χ2n) is 6.57. The number of carbonyl (C=O) groups excluding carboxylic acids is 1. The van der Waals surface area contributed by atoms with Crippen molar-refractivity contribution in [3.63, 3.8) is 0 Å². The molecule has 2 aromatic carbocycles. The predicted molar refractivity (Wildman–Crippen MR) is 95.0 cm³/mol. The summed E-state index contributed by atoms with van der Waals surface area (Å²) >= 11 is 0. The van der Waals surface area contributed by atoms with E-state index in [1.807, 2.05) is 49.5 Å². The van der Waals surface area contributed by atoms with Gasteiger partial charge in [0, 0.05) is 25.3 Å². The minimum atomic E-state index is -0.578. The first-order chi connectivity index (χ1) is 11.7. The van der Waals surface area contributed by atoms with Gasteiger partial charge in [-0.15, -0.1) is 6.58 Å². The van der Waals surface area contributed by atoms with Gasteiger partial charge in [0.2, 0.25) is 5.91 Å². The summed E-state index contributed by atoms with van der Waals surface area (Å²) < 4.78 is 6.11. The maximum Gasteiger partial charge on any atom is 0.238 e. The molecule has 0 aliphatic carbocycles. The highest BCUT2D eigenvalue weighted by atomic mass is 16.5. The largest absolute Gasteiger partial charge is 0.373 e. The molecule has 24 heavy (non-hydrogen) atoms. The van der Waals surface area contributed by atoms with Gasteiger partial charge in [0.1, 0.15) is 0 Å². The van der Waals surface area contributed by atoms with Crippen LogP contribution in [0.4, 0.5) is 5.69 Å². The number of rotatable bonds is 2. The summed E-state index contributed by atoms with van der Waals surface area (Å²) in [6.45, 7) is 4.63. The average Bonchev–Trinajstić information content (AvgIpc) is 2.85. The van der Waals surface area contributed by atoms with Crippen LogP contribution in [0.2, 0.25) is 0 Å². The van der Waals surface area contributed by atoms with Crippen LogP contribution in [0.25, 0.3) is 0 Å². The normalized spacial score (nSPS) is 28.9. The molecule has 0 radical (unpaired) electrons. The molecule has 1 amide bonds. The SMILES string of the molecule is C=C[C@H]1[C@H](c2ccccc2)OCC[C@@]12C(=O)N(C)c1ccccc12. The lowest BCUT2D eigenvalue weighted by Gasteiger charge is -2.43. The van der Waals surface area contributed by atoms with Crippen LogP contribution < -0.4 is 4.90 Å². The number of carbonyl (C=O) groups is 1. The highest BCUT2D eigenvalue weighted by Crippen LogP contribution is 2.54. The summed E-state index contributed by atoms with van der Waals surface area (Å²) in [5, 5.41) is 0. The molecule has 1 saturated heterocycles. The van der Waals surface area contributed by atoms with Gasteiger partial charge in [-0.05, 0) is 23.6 Å². The second kappa shape index (κ2) is 5.60. The molecule has 4 rings (SSSR count). The van der Waals surface area contributed by atoms with Crippen LogP contribution in [0.1, 0.15) is 23.7 Å². The summed E-state index contributed by atoms with van der Waals surface area (Å²) in [4.78, 5) is 15.1. The standard InChI is InChI=1S/C21H21NO2/c1-3-16-19(15-9-5-4-6-10-15)24-14-13-21(16)17-11-7-8-12-18(17)22(2)20(21)23/h3-12,16,19H,1,13-14H2,2H3/t16-,19-,21+/m0/s1. The average molecular weight is 319 g/mol. The first kappa shape index (κ1) is 15.2. The van der Waals surface area contributed by atoms with E-state index in [1.54, 1.807) is 4.90 Å². The number of amides is 1. The molecule has 3 nitrogen and oxygen atoms in total. The summed E-state index contributed by atoms with van der Waals surface area (Å²) in [7, 11) is 1.86. The topological polar surface area (TPSA) is 29.5 Å². The van der Waals surface area contributed by atoms with E-state index < -0.39 is 5.41 Å². The Labute approximate surface area is 142 Å². The van der Waals surface area contributed by atoms with Crippen molar-refractivity contribution >= 4 is 11.6 Å². The Morgan fingerprint density at radius 1 is 1.17 bits per heavy atom. The lowest BCUT2D eigenvalue weighted by Crippen LogP contribution is -2.50. The van der Waals surface area contributed by atoms with Crippen molar-refractivity contribution in [1.29, 1.82) is 0 Å². The highest BCUT2D eigenvalue weighted by molar-refractivity contribution is 6.08. The van der Waals surface area contributed by atoms with Crippen LogP contribution in [0.15, 0.2) is 67.3 Å². The molecule has 3 heteroatoms. The zero-order valence-electron chi connectivity index (χ0n) is 13.8. The quantitative estimate of drug-likeness (QED) is 0.787. The van der Waals surface area contributed by atoms with Gasteiger partial charge in [-0.3, -0.25) is 4.79 Å². The molecule has 1 spiro atoms. The Kier molecular flexibility index (Phi) is 3.54. The Balaban J connectivity index is 1.88. The molecule has 0 unspecified atom stereocenters. The highest BCUT2D eigenvalue weighted by Gasteiger charge is 2.57. The fraction of sp³-hybridized carbons (Fsp3) is 0.286. The fourth-order valence-electron chi connectivity index (χ4n) is 4.38. The zero-order valence-corrected chi connectivity index (χ0v) is 13.8. The van der Waals surface area contributed by atoms with E-state index in [0.29, 0.717) is 13.0 Å². The first-order valence-electron chi connectivity index (χ1n) is 8.37. The van der Waals surface area contributed by atoms with Crippen LogP contribution >= 0.6 is 0 Å². The molecule has 1 fully saturated rings. The van der Waals surface area contributed by atoms with Crippen molar-refractivity contribution in [2.45, 2.75) is 17.9 Å². The first-order valence-corrected chi connectivity index (χ1v) is 8.37. The predicted octanol–water partition coefficient (Wildman–Crippen LogP) is 3.86. The monoisotopic (exact) mass is 319 g/mol. The molecule has 0 bridgehead atoms. The number of ether oxygens (including phenoxy) is 1. The van der Waals surface area contributed by atoms with Gasteiger partial charge in [0.25, 0.3) is 0 Å². The van der Waals surface area contributed by atoms with Gasteiger partial charge >= 0.3 is 0 Å². The molecule has 2 aliphatic rings. The van der Waals surface area contributed by atoms with Crippen molar-refractivity contribution in [2.24, 2.45) is 5.92 Å². The van der Waals surface area contributed by atoms with Gasteiger partial charge in [-0.1, -0.05) is 54.6 Å². The van der Waals surface area contributed by atoms with Crippen molar-refractivity contribution in [3.05, 3.63) is 78.4 Å². The third-order valence-electron chi connectivity index (χ3n) is 5.50. The summed E-state index contributed by atoms with van der Waals surface area (Å²) in [6, 6.07) is 18.3. The van der Waals surface area contributed by atoms with Crippen molar-refractivity contribution in [3.8, 4) is 0 Å². The van der Waals surface area contributed by atoms with E-state index in [-0.39, 0.29) is 17.9 Å². The lowest BCUT2D eigenvalue weighted by atomic mass is 9.64. The van der Waals surface area contributed by atoms with E-state index >= 15 is 0 Å². The number of hydrogen-bond acceptors (Lipinski definition) is 2. The van der Waals surface area contributed by atoms with Gasteiger partial charge in [-0.25, -0.2) is 0 Å². The molecule has 0 saturated carbocycles. The Morgan fingerprint density at radius 3 is 2.62 bits per heavy atom. The number of para-hydroxylation sites is 1. The van der Waals surface area contributed by atoms with Gasteiger partial charge in [-0.2, -0.15) is 0 Å². The molecule has 0 aromatic heterocycles. The van der Waals surface area contributed by atoms with Crippen LogP contribution in [0, 0.1) is 5.92 Å². The summed E-state index contributed by atoms with van der Waals surface area (Å²) in [6.07, 6.45) is 2.44. The number of anilines is 1. The summed E-state index contributed by atoms with van der Waals surface area (Å²) in [5.41, 5.74) is 2.63. The van der Waals surface area contributed by atoms with Crippen LogP contribution in [0.5, 0.6) is 0 Å². The van der Waals surface area contributed by atoms with Crippen molar-refractivity contribution in [2.75, 3.05) is 18.6 Å². The fourth-order valence-corrected chi connectivity index (χ4v) is 4.38. The molecular formula is C21H21NO2. The molecule has 0 N–H and O–H groups in total. The number of hydrogen-bond donors (Lipinski definition) is 0. The Bertz CT molecular complexity index is 785. The van der Waals surface area contributed by atoms with E-state index in [9.17, 15) is 4.79 Å². The van der Waals surface area contributed by atoms with E-state index in [0.717, 1.165) is 16.8 Å². The number of likely N-dealkylation sites (N-methyl/N-ethyl adjacent to an activating group) is 1. The summed E-state index contributed by atoms with van der Waals surface area (Å²) in [5.74, 6) is 0.0603. The minimum absolute atomic E-state index is 0.0905. The van der Waals surface area contributed by atoms with Crippen molar-refractivity contribution in [1.82, 2.24) is 0 Å². The van der Waals surface area contributed by atoms with Gasteiger partial charge in [0.15, 0.2) is 0 Å². The van der Waals surface area contributed by atoms with Crippen LogP contribution in [-0.2, 0) is 14.9 Å². The van der Waals surface area contributed by atoms with E-state index in [4.69, 9.17) is 4.74 Å². The molecule has 2 heterocycles. The Morgan fingerprint density at radius 2 is 1.88 bits per heavy atom. The van der Waals surface area contributed by atoms with Gasteiger partial charge in [0.05, 0.1) is 11.5 Å². The molecular weight excluding hydrogens is 298 g/mol. The number of nitrogens with zero attached hydrogens (tertiary/aromatic N) is 1. The maximum absolute atomic E-state index is 13.3. The smallest absolute Gasteiger partial charge is 0.238 e. The third kappa shape index (κ3) is 1.91. The second-order valence-corrected chi connectivity index (χ2v) is 6.57. The Hall–Kier alpha value is -2.39. The third-order valence-corrected chi connectivity index (χ3v) is 5.50. The van der Waals surface area contributed by atoms with Crippen molar-refractivity contribution < 1.29 is 9.53 Å². The number of benzene rings is 2. The number of fused-ring (bicyclic) bond motifs is 2. The molecule has 2 aliphatic heterocycles. The van der Waals surface area contributed by atoms with Crippen LogP contribution in [0.3, 0.4) is 0 Å². The molecule has 2 aromatic rings. The maximum atomic E-state index is 13.3. The van der Waals surface area contributed by atoms with E-state index in [2.05, 4.69) is 24.8 Å². The molecule has 122 valence electrons. The zero-order chi connectivity index (χ0) is 16.7. The van der Waals surface area contributed by atoms with E-state index in [1.165, 1.54) is 0 Å². The lowest BCUT2D eigenvalue weighted by molar-refractivity contribution is -0.133.